The summed E-state index contributed by atoms with van der Waals surface area (Å²) in [6, 6.07) is 6.34. The molecule has 0 amide bonds. The lowest BCUT2D eigenvalue weighted by Gasteiger charge is -2.45. The van der Waals surface area contributed by atoms with E-state index in [1.807, 2.05) is 12.1 Å². The Hall–Kier alpha value is -1.21. The molecule has 2 aromatic rings. The van der Waals surface area contributed by atoms with E-state index in [0.717, 1.165) is 35.9 Å². The quantitative estimate of drug-likeness (QED) is 0.882. The van der Waals surface area contributed by atoms with Crippen LogP contribution in [0.2, 0.25) is 4.34 Å². The van der Waals surface area contributed by atoms with Crippen LogP contribution in [-0.2, 0) is 16.8 Å². The van der Waals surface area contributed by atoms with Crippen LogP contribution < -0.4 is 10.1 Å². The lowest BCUT2D eigenvalue weighted by molar-refractivity contribution is -0.0958. The van der Waals surface area contributed by atoms with Crippen LogP contribution in [0.25, 0.3) is 0 Å². The van der Waals surface area contributed by atoms with E-state index in [2.05, 4.69) is 28.5 Å². The topological polar surface area (TPSA) is 56.3 Å². The highest BCUT2D eigenvalue weighted by molar-refractivity contribution is 7.16. The first-order valence-corrected chi connectivity index (χ1v) is 9.35. The highest BCUT2D eigenvalue weighted by Gasteiger charge is 2.46. The molecule has 7 heteroatoms. The van der Waals surface area contributed by atoms with Crippen molar-refractivity contribution in [1.29, 1.82) is 0 Å². The third kappa shape index (κ3) is 2.81. The van der Waals surface area contributed by atoms with Gasteiger partial charge >= 0.3 is 0 Å². The lowest BCUT2D eigenvalue weighted by atomic mass is 9.79. The van der Waals surface area contributed by atoms with Crippen molar-refractivity contribution in [3.63, 3.8) is 0 Å². The number of piperidine rings is 1. The summed E-state index contributed by atoms with van der Waals surface area (Å²) >= 11 is 7.95. The predicted molar refractivity (Wildman–Crippen MR) is 93.8 cm³/mol. The van der Waals surface area contributed by atoms with Gasteiger partial charge in [-0.3, -0.25) is 0 Å². The van der Waals surface area contributed by atoms with Crippen molar-refractivity contribution in [3.05, 3.63) is 38.7 Å². The van der Waals surface area contributed by atoms with Gasteiger partial charge in [0.1, 0.15) is 5.60 Å². The molecule has 128 valence electrons. The molecule has 5 nitrogen and oxygen atoms in total. The summed E-state index contributed by atoms with van der Waals surface area (Å²) < 4.78 is 12.3. The second kappa shape index (κ2) is 6.26. The minimum atomic E-state index is -0.275. The minimum Gasteiger partial charge on any atom is -0.480 e. The molecule has 1 spiro atoms. The highest BCUT2D eigenvalue weighted by Crippen LogP contribution is 2.49. The first-order valence-electron chi connectivity index (χ1n) is 8.16. The Labute approximate surface area is 150 Å². The average molecular weight is 366 g/mol. The Morgan fingerprint density at radius 1 is 1.38 bits per heavy atom. The number of hydrogen-bond donors (Lipinski definition) is 1. The fraction of sp³-hybridized carbons (Fsp3) is 0.529. The van der Waals surface area contributed by atoms with Crippen LogP contribution >= 0.6 is 22.9 Å². The van der Waals surface area contributed by atoms with Crippen molar-refractivity contribution < 1.29 is 9.47 Å². The van der Waals surface area contributed by atoms with Gasteiger partial charge in [0.2, 0.25) is 5.88 Å². The number of methoxy groups -OCH3 is 1. The number of halogens is 1. The van der Waals surface area contributed by atoms with Crippen LogP contribution in [0.4, 0.5) is 0 Å². The van der Waals surface area contributed by atoms with Crippen LogP contribution in [0.5, 0.6) is 5.88 Å². The molecule has 0 bridgehead atoms. The molecule has 2 aromatic heterocycles. The van der Waals surface area contributed by atoms with Crippen molar-refractivity contribution in [2.45, 2.75) is 43.9 Å². The van der Waals surface area contributed by atoms with Gasteiger partial charge in [-0.05, 0) is 37.5 Å². The summed E-state index contributed by atoms with van der Waals surface area (Å²) in [7, 11) is 1.59. The molecule has 0 saturated carbocycles. The summed E-state index contributed by atoms with van der Waals surface area (Å²) in [5.41, 5.74) is 1.98. The molecular weight excluding hydrogens is 346 g/mol. The van der Waals surface area contributed by atoms with Gasteiger partial charge in [-0.15, -0.1) is 16.4 Å². The second-order valence-corrected chi connectivity index (χ2v) is 8.21. The van der Waals surface area contributed by atoms with Gasteiger partial charge < -0.3 is 14.8 Å². The van der Waals surface area contributed by atoms with Crippen molar-refractivity contribution >= 4 is 22.9 Å². The van der Waals surface area contributed by atoms with Crippen LogP contribution in [0.15, 0.2) is 18.2 Å². The third-order valence-corrected chi connectivity index (χ3v) is 6.32. The molecule has 4 rings (SSSR count). The maximum absolute atomic E-state index is 6.35. The Bertz CT molecular complexity index is 736. The number of ether oxygens (including phenoxy) is 2. The maximum atomic E-state index is 6.35. The molecule has 4 heterocycles. The van der Waals surface area contributed by atoms with Gasteiger partial charge in [-0.1, -0.05) is 11.6 Å². The summed E-state index contributed by atoms with van der Waals surface area (Å²) in [4.78, 5) is 1.29. The molecular formula is C17H20ClN3O2S. The van der Waals surface area contributed by atoms with Crippen LogP contribution in [0.1, 0.15) is 41.9 Å². The highest BCUT2D eigenvalue weighted by atomic mass is 35.5. The molecule has 0 aromatic carbocycles. The number of hydrogen-bond acceptors (Lipinski definition) is 6. The van der Waals surface area contributed by atoms with Gasteiger partial charge in [-0.2, -0.15) is 5.10 Å². The zero-order valence-corrected chi connectivity index (χ0v) is 15.3. The first-order chi connectivity index (χ1) is 11.6. The number of nitrogens with one attached hydrogen (secondary N) is 1. The summed E-state index contributed by atoms with van der Waals surface area (Å²) in [6.07, 6.45) is 2.72. The van der Waals surface area contributed by atoms with Gasteiger partial charge in [0.05, 0.1) is 29.8 Å². The number of nitrogens with zero attached hydrogens (tertiary/aromatic N) is 2. The summed E-state index contributed by atoms with van der Waals surface area (Å²) in [6.45, 7) is 2.94. The fourth-order valence-corrected chi connectivity index (χ4v) is 5.34. The molecule has 1 saturated heterocycles. The standard InChI is InChI=1S/C17H20ClN3O2S/c1-10-8-17(16-11(5-6-23-17)7-14(18)24-16)9-13(19-10)12-3-4-15(22-2)21-20-12/h3-4,7,10,13,19H,5-6,8-9H2,1-2H3/t10-,13-,17-/m0/s1. The van der Waals surface area contributed by atoms with Gasteiger partial charge in [0.15, 0.2) is 0 Å². The summed E-state index contributed by atoms with van der Waals surface area (Å²) in [5.74, 6) is 0.526. The van der Waals surface area contributed by atoms with Gasteiger partial charge in [0, 0.05) is 23.4 Å². The first kappa shape index (κ1) is 16.3. The SMILES string of the molecule is COc1ccc([C@@H]2C[C@]3(C[C@H](C)N2)OCCc2cc(Cl)sc23)nn1. The predicted octanol–water partition coefficient (Wildman–Crippen LogP) is 3.48. The molecule has 2 aliphatic rings. The van der Waals surface area contributed by atoms with E-state index < -0.39 is 0 Å². The molecule has 0 radical (unpaired) electrons. The maximum Gasteiger partial charge on any atom is 0.233 e. The van der Waals surface area contributed by atoms with Crippen LogP contribution in [0, 0.1) is 0 Å². The summed E-state index contributed by atoms with van der Waals surface area (Å²) in [5, 5.41) is 12.1. The van der Waals surface area contributed by atoms with Crippen molar-refractivity contribution in [2.24, 2.45) is 0 Å². The lowest BCUT2D eigenvalue weighted by Crippen LogP contribution is -2.49. The van der Waals surface area contributed by atoms with E-state index in [9.17, 15) is 0 Å². The van der Waals surface area contributed by atoms with E-state index in [1.54, 1.807) is 18.4 Å². The number of rotatable bonds is 2. The van der Waals surface area contributed by atoms with Crippen molar-refractivity contribution in [1.82, 2.24) is 15.5 Å². The number of fused-ring (bicyclic) bond motifs is 2. The van der Waals surface area contributed by atoms with Gasteiger partial charge in [0.25, 0.3) is 0 Å². The fourth-order valence-electron chi connectivity index (χ4n) is 3.88. The molecule has 2 aliphatic heterocycles. The monoisotopic (exact) mass is 365 g/mol. The molecule has 1 N–H and O–H groups in total. The molecule has 0 unspecified atom stereocenters. The van der Waals surface area contributed by atoms with E-state index >= 15 is 0 Å². The Kier molecular flexibility index (Phi) is 4.24. The zero-order valence-electron chi connectivity index (χ0n) is 13.7. The van der Waals surface area contributed by atoms with E-state index in [4.69, 9.17) is 21.1 Å². The van der Waals surface area contributed by atoms with Crippen LogP contribution in [0.3, 0.4) is 0 Å². The normalized spacial score (nSPS) is 29.5. The van der Waals surface area contributed by atoms with Crippen LogP contribution in [-0.4, -0.2) is 30.0 Å². The van der Waals surface area contributed by atoms with E-state index in [1.165, 1.54) is 10.4 Å². The van der Waals surface area contributed by atoms with Crippen molar-refractivity contribution in [3.8, 4) is 5.88 Å². The Morgan fingerprint density at radius 3 is 3.00 bits per heavy atom. The molecule has 24 heavy (non-hydrogen) atoms. The molecule has 3 atom stereocenters. The third-order valence-electron chi connectivity index (χ3n) is 4.82. The Balaban J connectivity index is 1.68. The average Bonchev–Trinajstić information content (AvgIpc) is 2.97. The van der Waals surface area contributed by atoms with E-state index in [-0.39, 0.29) is 11.6 Å². The van der Waals surface area contributed by atoms with Crippen molar-refractivity contribution in [2.75, 3.05) is 13.7 Å². The molecule has 1 fully saturated rings. The zero-order chi connectivity index (χ0) is 16.7. The van der Waals surface area contributed by atoms with Gasteiger partial charge in [-0.25, -0.2) is 0 Å². The molecule has 0 aliphatic carbocycles. The Morgan fingerprint density at radius 2 is 2.25 bits per heavy atom. The largest absolute Gasteiger partial charge is 0.480 e. The number of thiophene rings is 1. The second-order valence-electron chi connectivity index (χ2n) is 6.53. The van der Waals surface area contributed by atoms with E-state index in [0.29, 0.717) is 11.9 Å². The number of aromatic nitrogens is 2. The minimum absolute atomic E-state index is 0.0963. The smallest absolute Gasteiger partial charge is 0.233 e.